The van der Waals surface area contributed by atoms with Crippen molar-refractivity contribution in [2.75, 3.05) is 11.9 Å². The van der Waals surface area contributed by atoms with Crippen LogP contribution in [0.3, 0.4) is 0 Å². The Balaban J connectivity index is 1.44. The number of ether oxygens (including phenoxy) is 1. The van der Waals surface area contributed by atoms with E-state index in [1.807, 2.05) is 0 Å². The van der Waals surface area contributed by atoms with Gasteiger partial charge >= 0.3 is 6.09 Å². The van der Waals surface area contributed by atoms with Gasteiger partial charge in [0.25, 0.3) is 5.91 Å². The molecule has 3 amide bonds. The molecule has 3 N–H and O–H groups in total. The second kappa shape index (κ2) is 9.12. The molecular weight excluding hydrogens is 444 g/mol. The van der Waals surface area contributed by atoms with Crippen molar-refractivity contribution >= 4 is 35.2 Å². The van der Waals surface area contributed by atoms with Crippen LogP contribution in [0.5, 0.6) is 0 Å². The quantitative estimate of drug-likeness (QED) is 0.627. The highest BCUT2D eigenvalue weighted by molar-refractivity contribution is 6.31. The van der Waals surface area contributed by atoms with E-state index in [9.17, 15) is 23.2 Å². The van der Waals surface area contributed by atoms with Crippen LogP contribution in [0, 0.1) is 11.6 Å². The summed E-state index contributed by atoms with van der Waals surface area (Å²) in [6.07, 6.45) is 1.04. The first-order valence-corrected chi connectivity index (χ1v) is 10.5. The number of nitrogens with one attached hydrogen (secondary N) is 3. The second-order valence-corrected chi connectivity index (χ2v) is 8.11. The van der Waals surface area contributed by atoms with Crippen molar-refractivity contribution < 1.29 is 27.9 Å². The molecule has 0 saturated carbocycles. The number of anilines is 1. The summed E-state index contributed by atoms with van der Waals surface area (Å²) in [6, 6.07) is 5.46. The molecule has 32 heavy (non-hydrogen) atoms. The smallest absolute Gasteiger partial charge is 0.407 e. The third-order valence-electron chi connectivity index (χ3n) is 5.55. The first-order chi connectivity index (χ1) is 15.3. The van der Waals surface area contributed by atoms with Gasteiger partial charge < -0.3 is 20.7 Å². The number of halogens is 3. The zero-order chi connectivity index (χ0) is 22.8. The minimum atomic E-state index is -0.723. The number of rotatable bonds is 5. The molecule has 0 spiro atoms. The van der Waals surface area contributed by atoms with Crippen LogP contribution in [0.1, 0.15) is 46.8 Å². The molecule has 1 aliphatic carbocycles. The molecule has 1 saturated heterocycles. The monoisotopic (exact) mass is 463 g/mol. The van der Waals surface area contributed by atoms with Gasteiger partial charge in [-0.2, -0.15) is 0 Å². The van der Waals surface area contributed by atoms with E-state index in [0.717, 1.165) is 6.07 Å². The first kappa shape index (κ1) is 22.0. The number of alkyl carbamates (subject to hydrolysis) is 1. The van der Waals surface area contributed by atoms with Crippen LogP contribution >= 0.6 is 11.6 Å². The van der Waals surface area contributed by atoms with Crippen LogP contribution in [0.25, 0.3) is 0 Å². The molecule has 2 atom stereocenters. The number of amides is 3. The molecule has 0 radical (unpaired) electrons. The molecule has 2 aliphatic rings. The molecule has 1 aliphatic heterocycles. The van der Waals surface area contributed by atoms with E-state index in [4.69, 9.17) is 16.3 Å². The van der Waals surface area contributed by atoms with Crippen molar-refractivity contribution in [2.24, 2.45) is 0 Å². The van der Waals surface area contributed by atoms with Crippen molar-refractivity contribution in [1.82, 2.24) is 10.6 Å². The number of carbonyl (C=O) groups excluding carboxylic acids is 3. The van der Waals surface area contributed by atoms with E-state index in [1.165, 1.54) is 24.3 Å². The molecule has 0 aromatic heterocycles. The lowest BCUT2D eigenvalue weighted by molar-refractivity contribution is -0.119. The molecule has 1 heterocycles. The third-order valence-corrected chi connectivity index (χ3v) is 5.84. The summed E-state index contributed by atoms with van der Waals surface area (Å²) < 4.78 is 33.1. The van der Waals surface area contributed by atoms with Crippen LogP contribution in [0.2, 0.25) is 5.02 Å². The Bertz CT molecular complexity index is 1100. The van der Waals surface area contributed by atoms with Gasteiger partial charge in [-0.15, -0.1) is 0 Å². The van der Waals surface area contributed by atoms with Gasteiger partial charge in [0.15, 0.2) is 0 Å². The van der Waals surface area contributed by atoms with Crippen LogP contribution < -0.4 is 16.0 Å². The summed E-state index contributed by atoms with van der Waals surface area (Å²) >= 11 is 5.75. The van der Waals surface area contributed by atoms with Crippen molar-refractivity contribution in [2.45, 2.75) is 37.8 Å². The second-order valence-electron chi connectivity index (χ2n) is 7.71. The van der Waals surface area contributed by atoms with E-state index in [0.29, 0.717) is 36.9 Å². The molecule has 10 heteroatoms. The zero-order valence-corrected chi connectivity index (χ0v) is 17.6. The predicted molar refractivity (Wildman–Crippen MR) is 112 cm³/mol. The Morgan fingerprint density at radius 1 is 1.12 bits per heavy atom. The lowest BCUT2D eigenvalue weighted by atomic mass is 10.0. The van der Waals surface area contributed by atoms with Crippen LogP contribution in [-0.2, 0) is 16.0 Å². The summed E-state index contributed by atoms with van der Waals surface area (Å²) in [6.45, 7) is 0.0301. The highest BCUT2D eigenvalue weighted by Crippen LogP contribution is 2.36. The normalized spacial score (nSPS) is 19.3. The van der Waals surface area contributed by atoms with Crippen molar-refractivity contribution in [3.8, 4) is 0 Å². The lowest BCUT2D eigenvalue weighted by Crippen LogP contribution is -2.34. The first-order valence-electron chi connectivity index (χ1n) is 10.1. The van der Waals surface area contributed by atoms with Gasteiger partial charge in [0.05, 0.1) is 17.1 Å². The molecule has 1 fully saturated rings. The van der Waals surface area contributed by atoms with Crippen LogP contribution in [-0.4, -0.2) is 30.6 Å². The van der Waals surface area contributed by atoms with Crippen molar-refractivity contribution in [3.05, 3.63) is 63.7 Å². The van der Waals surface area contributed by atoms with E-state index in [2.05, 4.69) is 16.0 Å². The van der Waals surface area contributed by atoms with Gasteiger partial charge in [-0.1, -0.05) is 11.6 Å². The average Bonchev–Trinajstić information content (AvgIpc) is 3.36. The highest BCUT2D eigenvalue weighted by Gasteiger charge is 2.32. The molecule has 2 aromatic rings. The van der Waals surface area contributed by atoms with Gasteiger partial charge in [0.2, 0.25) is 5.91 Å². The number of carbonyl (C=O) groups is 3. The maximum absolute atomic E-state index is 14.6. The number of hydrogen-bond donors (Lipinski definition) is 3. The van der Waals surface area contributed by atoms with Crippen molar-refractivity contribution in [1.29, 1.82) is 0 Å². The fourth-order valence-electron chi connectivity index (χ4n) is 4.01. The van der Waals surface area contributed by atoms with E-state index in [1.54, 1.807) is 0 Å². The molecule has 0 bridgehead atoms. The Morgan fingerprint density at radius 2 is 1.91 bits per heavy atom. The Morgan fingerprint density at radius 3 is 2.62 bits per heavy atom. The molecule has 168 valence electrons. The Labute approximate surface area is 187 Å². The topological polar surface area (TPSA) is 96.5 Å². The van der Waals surface area contributed by atoms with Gasteiger partial charge in [-0.3, -0.25) is 9.59 Å². The fraction of sp³-hybridized carbons (Fsp3) is 0.318. The van der Waals surface area contributed by atoms with E-state index >= 15 is 0 Å². The van der Waals surface area contributed by atoms with E-state index < -0.39 is 29.7 Å². The third kappa shape index (κ3) is 4.67. The standard InChI is InChI=1S/C22H20ClF2N3O4/c23-15-9-11(1-5-16(15)24)27-21(30)14-3-6-17(25)20-13(14)4-7-18(20)28-22(31)32-10-12-2-8-19(29)26-12/h1,3,5-6,9,12,18H,2,4,7-8,10H2,(H,26,29)(H,27,30)(H,28,31)/t12-,18+/m1/s1. The van der Waals surface area contributed by atoms with Gasteiger partial charge in [-0.25, -0.2) is 13.6 Å². The van der Waals surface area contributed by atoms with Crippen LogP contribution in [0.4, 0.5) is 19.3 Å². The summed E-state index contributed by atoms with van der Waals surface area (Å²) in [4.78, 5) is 36.2. The van der Waals surface area contributed by atoms with Gasteiger partial charge in [0, 0.05) is 23.2 Å². The molecule has 2 aromatic carbocycles. The summed E-state index contributed by atoms with van der Waals surface area (Å²) in [5.41, 5.74) is 1.29. The predicted octanol–water partition coefficient (Wildman–Crippen LogP) is 3.86. The minimum Gasteiger partial charge on any atom is -0.447 e. The average molecular weight is 464 g/mol. The molecule has 0 unspecified atom stereocenters. The lowest BCUT2D eigenvalue weighted by Gasteiger charge is -2.17. The maximum Gasteiger partial charge on any atom is 0.407 e. The Kier molecular flexibility index (Phi) is 6.27. The van der Waals surface area contributed by atoms with E-state index in [-0.39, 0.29) is 34.7 Å². The summed E-state index contributed by atoms with van der Waals surface area (Å²) in [7, 11) is 0. The highest BCUT2D eigenvalue weighted by atomic mass is 35.5. The number of fused-ring (bicyclic) bond motifs is 1. The molecular formula is C22H20ClF2N3O4. The van der Waals surface area contributed by atoms with Crippen molar-refractivity contribution in [3.63, 3.8) is 0 Å². The van der Waals surface area contributed by atoms with Gasteiger partial charge in [-0.05, 0) is 55.2 Å². The van der Waals surface area contributed by atoms with Crippen LogP contribution in [0.15, 0.2) is 30.3 Å². The number of hydrogen-bond acceptors (Lipinski definition) is 4. The Hall–Kier alpha value is -3.20. The number of benzene rings is 2. The minimum absolute atomic E-state index is 0.0301. The molecule has 7 nitrogen and oxygen atoms in total. The summed E-state index contributed by atoms with van der Waals surface area (Å²) in [5, 5.41) is 7.83. The SMILES string of the molecule is O=C1CC[C@H](COC(=O)N[C@H]2CCc3c(C(=O)Nc4ccc(F)c(Cl)c4)ccc(F)c32)N1. The zero-order valence-electron chi connectivity index (χ0n) is 16.8. The summed E-state index contributed by atoms with van der Waals surface area (Å²) in [5.74, 6) is -1.72. The maximum atomic E-state index is 14.6. The largest absolute Gasteiger partial charge is 0.447 e. The fourth-order valence-corrected chi connectivity index (χ4v) is 4.19. The molecule has 4 rings (SSSR count). The van der Waals surface area contributed by atoms with Gasteiger partial charge in [0.1, 0.15) is 18.2 Å².